The van der Waals surface area contributed by atoms with Gasteiger partial charge in [0.05, 0.1) is 0 Å². The molecule has 0 bridgehead atoms. The maximum absolute atomic E-state index is 3.71. The Kier molecular flexibility index (Phi) is 5.32. The summed E-state index contributed by atoms with van der Waals surface area (Å²) in [6.45, 7) is 13.7. The molecule has 1 aromatic carbocycles. The number of rotatable bonds is 4. The van der Waals surface area contributed by atoms with Crippen molar-refractivity contribution in [3.05, 3.63) is 29.8 Å². The van der Waals surface area contributed by atoms with Gasteiger partial charge in [-0.25, -0.2) is 0 Å². The number of aryl methyl sites for hydroxylation is 1. The molecule has 0 aromatic heterocycles. The van der Waals surface area contributed by atoms with Gasteiger partial charge < -0.3 is 10.2 Å². The smallest absolute Gasteiger partial charge is 0.0437 e. The lowest BCUT2D eigenvalue weighted by Gasteiger charge is -2.38. The predicted molar refractivity (Wildman–Crippen MR) is 93.1 cm³/mol. The van der Waals surface area contributed by atoms with Crippen LogP contribution < -0.4 is 10.2 Å². The Morgan fingerprint density at radius 1 is 1.14 bits per heavy atom. The third-order valence-electron chi connectivity index (χ3n) is 4.41. The fourth-order valence-corrected chi connectivity index (χ4v) is 3.18. The van der Waals surface area contributed by atoms with Crippen LogP contribution in [-0.2, 0) is 6.42 Å². The highest BCUT2D eigenvalue weighted by molar-refractivity contribution is 5.55. The zero-order chi connectivity index (χ0) is 15.5. The van der Waals surface area contributed by atoms with E-state index >= 15 is 0 Å². The van der Waals surface area contributed by atoms with E-state index in [0.29, 0.717) is 12.0 Å². The fraction of sp³-hybridized carbons (Fsp3) is 0.684. The van der Waals surface area contributed by atoms with Crippen molar-refractivity contribution in [2.45, 2.75) is 65.5 Å². The molecule has 1 aliphatic heterocycles. The Balaban J connectivity index is 2.23. The lowest BCUT2D eigenvalue weighted by atomic mass is 9.99. The molecule has 0 fully saturated rings. The summed E-state index contributed by atoms with van der Waals surface area (Å²) in [6, 6.07) is 9.55. The minimum Gasteiger partial charge on any atom is -0.367 e. The predicted octanol–water partition coefficient (Wildman–Crippen LogP) is 4.24. The molecule has 1 unspecified atom stereocenters. The van der Waals surface area contributed by atoms with Crippen molar-refractivity contribution < 1.29 is 0 Å². The van der Waals surface area contributed by atoms with Crippen LogP contribution in [0, 0.1) is 5.92 Å². The average molecular weight is 288 g/mol. The van der Waals surface area contributed by atoms with E-state index in [0.717, 1.165) is 6.54 Å². The molecule has 1 aliphatic rings. The molecule has 1 N–H and O–H groups in total. The molecule has 0 spiro atoms. The van der Waals surface area contributed by atoms with Crippen molar-refractivity contribution in [1.29, 1.82) is 0 Å². The van der Waals surface area contributed by atoms with Gasteiger partial charge in [0.2, 0.25) is 0 Å². The summed E-state index contributed by atoms with van der Waals surface area (Å²) in [5.74, 6) is 0.644. The number of nitrogens with zero attached hydrogens (tertiary/aromatic N) is 1. The van der Waals surface area contributed by atoms with Crippen LogP contribution in [0.2, 0.25) is 0 Å². The third kappa shape index (κ3) is 4.47. The summed E-state index contributed by atoms with van der Waals surface area (Å²) in [5.41, 5.74) is 3.17. The van der Waals surface area contributed by atoms with E-state index in [2.05, 4.69) is 69.1 Å². The van der Waals surface area contributed by atoms with Crippen LogP contribution in [0.5, 0.6) is 0 Å². The van der Waals surface area contributed by atoms with Gasteiger partial charge in [0.25, 0.3) is 0 Å². The van der Waals surface area contributed by atoms with Crippen LogP contribution >= 0.6 is 0 Å². The fourth-order valence-electron chi connectivity index (χ4n) is 3.18. The van der Waals surface area contributed by atoms with Crippen molar-refractivity contribution in [3.63, 3.8) is 0 Å². The van der Waals surface area contributed by atoms with Gasteiger partial charge in [-0.15, -0.1) is 0 Å². The minimum atomic E-state index is 0.179. The van der Waals surface area contributed by atoms with E-state index in [-0.39, 0.29) is 5.54 Å². The lowest BCUT2D eigenvalue weighted by molar-refractivity contribution is 0.357. The Hall–Kier alpha value is -1.02. The van der Waals surface area contributed by atoms with Gasteiger partial charge in [-0.05, 0) is 57.6 Å². The van der Waals surface area contributed by atoms with E-state index < -0.39 is 0 Å². The molecule has 2 nitrogen and oxygen atoms in total. The molecular weight excluding hydrogens is 256 g/mol. The van der Waals surface area contributed by atoms with Gasteiger partial charge in [-0.3, -0.25) is 0 Å². The van der Waals surface area contributed by atoms with Crippen LogP contribution in [0.25, 0.3) is 0 Å². The van der Waals surface area contributed by atoms with Gasteiger partial charge in [-0.1, -0.05) is 32.0 Å². The number of nitrogens with one attached hydrogen (secondary N) is 1. The molecule has 0 radical (unpaired) electrons. The Bertz CT molecular complexity index is 445. The first-order valence-electron chi connectivity index (χ1n) is 8.48. The second-order valence-corrected chi connectivity index (χ2v) is 7.72. The maximum Gasteiger partial charge on any atom is 0.0437 e. The highest BCUT2D eigenvalue weighted by Crippen LogP contribution is 2.29. The molecule has 0 saturated heterocycles. The maximum atomic E-state index is 3.71. The summed E-state index contributed by atoms with van der Waals surface area (Å²) in [5, 5.41) is 3.71. The zero-order valence-electron chi connectivity index (χ0n) is 14.4. The lowest BCUT2D eigenvalue weighted by Crippen LogP contribution is -2.50. The van der Waals surface area contributed by atoms with Gasteiger partial charge in [-0.2, -0.15) is 0 Å². The van der Waals surface area contributed by atoms with Crippen LogP contribution in [0.4, 0.5) is 5.69 Å². The van der Waals surface area contributed by atoms with Crippen LogP contribution in [-0.4, -0.2) is 24.7 Å². The van der Waals surface area contributed by atoms with Crippen LogP contribution in [0.1, 0.15) is 53.0 Å². The number of hydrogen-bond donors (Lipinski definition) is 1. The Morgan fingerprint density at radius 2 is 1.86 bits per heavy atom. The molecule has 2 rings (SSSR count). The molecule has 118 valence electrons. The van der Waals surface area contributed by atoms with Crippen molar-refractivity contribution in [2.75, 3.05) is 18.0 Å². The van der Waals surface area contributed by atoms with Crippen LogP contribution in [0.15, 0.2) is 24.3 Å². The number of benzene rings is 1. The average Bonchev–Trinajstić information content (AvgIpc) is 2.60. The van der Waals surface area contributed by atoms with Gasteiger partial charge >= 0.3 is 0 Å². The molecule has 0 saturated carbocycles. The summed E-state index contributed by atoms with van der Waals surface area (Å²) in [4.78, 5) is 2.66. The highest BCUT2D eigenvalue weighted by Gasteiger charge is 2.26. The second kappa shape index (κ2) is 6.83. The summed E-state index contributed by atoms with van der Waals surface area (Å²) < 4.78 is 0. The van der Waals surface area contributed by atoms with E-state index in [4.69, 9.17) is 0 Å². The number of hydrogen-bond acceptors (Lipinski definition) is 2. The van der Waals surface area contributed by atoms with Crippen molar-refractivity contribution >= 4 is 5.69 Å². The van der Waals surface area contributed by atoms with E-state index in [1.54, 1.807) is 0 Å². The highest BCUT2D eigenvalue weighted by atomic mass is 15.2. The minimum absolute atomic E-state index is 0.179. The molecule has 1 heterocycles. The van der Waals surface area contributed by atoms with Crippen LogP contribution in [0.3, 0.4) is 0 Å². The Labute approximate surface area is 130 Å². The van der Waals surface area contributed by atoms with Gasteiger partial charge in [0.15, 0.2) is 0 Å². The second-order valence-electron chi connectivity index (χ2n) is 7.72. The molecule has 21 heavy (non-hydrogen) atoms. The summed E-state index contributed by atoms with van der Waals surface area (Å²) in [7, 11) is 0. The third-order valence-corrected chi connectivity index (χ3v) is 4.41. The number of para-hydroxylation sites is 1. The molecule has 1 atom stereocenters. The van der Waals surface area contributed by atoms with E-state index in [1.807, 2.05) is 0 Å². The largest absolute Gasteiger partial charge is 0.367 e. The summed E-state index contributed by atoms with van der Waals surface area (Å²) in [6.07, 6.45) is 3.84. The molecule has 0 aliphatic carbocycles. The first-order valence-corrected chi connectivity index (χ1v) is 8.48. The topological polar surface area (TPSA) is 15.3 Å². The van der Waals surface area contributed by atoms with Crippen molar-refractivity contribution in [1.82, 2.24) is 5.32 Å². The number of fused-ring (bicyclic) bond motifs is 1. The quantitative estimate of drug-likeness (QED) is 0.891. The van der Waals surface area contributed by atoms with Gasteiger partial charge in [0.1, 0.15) is 0 Å². The monoisotopic (exact) mass is 288 g/mol. The Morgan fingerprint density at radius 3 is 2.52 bits per heavy atom. The zero-order valence-corrected chi connectivity index (χ0v) is 14.4. The summed E-state index contributed by atoms with van der Waals surface area (Å²) >= 11 is 0. The van der Waals surface area contributed by atoms with Crippen molar-refractivity contribution in [2.24, 2.45) is 5.92 Å². The number of anilines is 1. The molecule has 0 amide bonds. The SMILES string of the molecule is CC(C)C(CNC(C)(C)C)N1CCCCc2ccccc21. The van der Waals surface area contributed by atoms with Crippen molar-refractivity contribution in [3.8, 4) is 0 Å². The van der Waals surface area contributed by atoms with Gasteiger partial charge in [0, 0.05) is 30.4 Å². The first-order chi connectivity index (χ1) is 9.88. The normalized spacial score (nSPS) is 17.5. The molecule has 1 aromatic rings. The first kappa shape index (κ1) is 16.4. The van der Waals surface area contributed by atoms with E-state index in [9.17, 15) is 0 Å². The standard InChI is InChI=1S/C19H32N2/c1-15(2)18(14-20-19(3,4)5)21-13-9-8-11-16-10-6-7-12-17(16)21/h6-7,10,12,15,18,20H,8-9,11,13-14H2,1-5H3. The van der Waals surface area contributed by atoms with E-state index in [1.165, 1.54) is 37.1 Å². The molecular formula is C19H32N2. The molecule has 2 heteroatoms.